The Morgan fingerprint density at radius 1 is 1.19 bits per heavy atom. The standard InChI is InChI=1S/C11H14BrN3S/c12-7-3-1-5-9-16-11-14-13-10-6-2-4-8-15(10)11/h2,4,6,8H,1,3,5,7,9H2. The van der Waals surface area contributed by atoms with E-state index < -0.39 is 0 Å². The lowest BCUT2D eigenvalue weighted by Crippen LogP contribution is -1.88. The van der Waals surface area contributed by atoms with Gasteiger partial charge in [-0.15, -0.1) is 10.2 Å². The van der Waals surface area contributed by atoms with Crippen molar-refractivity contribution in [2.45, 2.75) is 24.4 Å². The number of thioether (sulfide) groups is 1. The second-order valence-electron chi connectivity index (χ2n) is 3.51. The monoisotopic (exact) mass is 299 g/mol. The van der Waals surface area contributed by atoms with Crippen LogP contribution in [-0.2, 0) is 0 Å². The second kappa shape index (κ2) is 6.25. The van der Waals surface area contributed by atoms with E-state index in [1.165, 1.54) is 19.3 Å². The van der Waals surface area contributed by atoms with Crippen molar-refractivity contribution in [3.05, 3.63) is 24.4 Å². The van der Waals surface area contributed by atoms with Crippen LogP contribution in [0.4, 0.5) is 0 Å². The van der Waals surface area contributed by atoms with Gasteiger partial charge in [0.1, 0.15) is 0 Å². The van der Waals surface area contributed by atoms with Crippen molar-refractivity contribution in [1.82, 2.24) is 14.6 Å². The fourth-order valence-electron chi connectivity index (χ4n) is 1.45. The van der Waals surface area contributed by atoms with Crippen LogP contribution >= 0.6 is 27.7 Å². The molecule has 0 fully saturated rings. The van der Waals surface area contributed by atoms with Crippen molar-refractivity contribution in [2.24, 2.45) is 0 Å². The van der Waals surface area contributed by atoms with Crippen LogP contribution in [0.1, 0.15) is 19.3 Å². The highest BCUT2D eigenvalue weighted by Crippen LogP contribution is 2.18. The van der Waals surface area contributed by atoms with Gasteiger partial charge >= 0.3 is 0 Å². The summed E-state index contributed by atoms with van der Waals surface area (Å²) in [6.45, 7) is 0. The van der Waals surface area contributed by atoms with Gasteiger partial charge < -0.3 is 0 Å². The van der Waals surface area contributed by atoms with Crippen LogP contribution < -0.4 is 0 Å². The molecule has 0 radical (unpaired) electrons. The molecule has 0 spiro atoms. The van der Waals surface area contributed by atoms with Crippen molar-refractivity contribution < 1.29 is 0 Å². The van der Waals surface area contributed by atoms with Crippen molar-refractivity contribution in [3.63, 3.8) is 0 Å². The second-order valence-corrected chi connectivity index (χ2v) is 5.36. The van der Waals surface area contributed by atoms with Crippen molar-refractivity contribution in [2.75, 3.05) is 11.1 Å². The summed E-state index contributed by atoms with van der Waals surface area (Å²) in [6, 6.07) is 5.96. The van der Waals surface area contributed by atoms with E-state index in [2.05, 4.69) is 26.1 Å². The van der Waals surface area contributed by atoms with Crippen LogP contribution in [0.2, 0.25) is 0 Å². The van der Waals surface area contributed by atoms with Gasteiger partial charge in [-0.2, -0.15) is 0 Å². The Labute approximate surface area is 108 Å². The number of hydrogen-bond acceptors (Lipinski definition) is 3. The van der Waals surface area contributed by atoms with Crippen molar-refractivity contribution >= 4 is 33.3 Å². The smallest absolute Gasteiger partial charge is 0.195 e. The minimum absolute atomic E-state index is 0.922. The molecule has 2 aromatic rings. The molecule has 2 heterocycles. The van der Waals surface area contributed by atoms with E-state index in [-0.39, 0.29) is 0 Å². The first-order valence-electron chi connectivity index (χ1n) is 5.40. The summed E-state index contributed by atoms with van der Waals surface area (Å²) in [7, 11) is 0. The van der Waals surface area contributed by atoms with Crippen LogP contribution in [-0.4, -0.2) is 25.7 Å². The lowest BCUT2D eigenvalue weighted by Gasteiger charge is -1.99. The first-order chi connectivity index (χ1) is 7.92. The van der Waals surface area contributed by atoms with Crippen molar-refractivity contribution in [3.8, 4) is 0 Å². The molecule has 2 aromatic heterocycles. The van der Waals surface area contributed by atoms with E-state index in [0.717, 1.165) is 21.9 Å². The molecule has 5 heteroatoms. The molecule has 16 heavy (non-hydrogen) atoms. The molecule has 86 valence electrons. The largest absolute Gasteiger partial charge is 0.277 e. The third-order valence-electron chi connectivity index (χ3n) is 2.29. The summed E-state index contributed by atoms with van der Waals surface area (Å²) in [5.74, 6) is 1.11. The van der Waals surface area contributed by atoms with Gasteiger partial charge in [0.25, 0.3) is 0 Å². The van der Waals surface area contributed by atoms with Gasteiger partial charge in [-0.25, -0.2) is 0 Å². The molecule has 0 bridgehead atoms. The lowest BCUT2D eigenvalue weighted by atomic mass is 10.3. The minimum atomic E-state index is 0.922. The summed E-state index contributed by atoms with van der Waals surface area (Å²) >= 11 is 5.22. The SMILES string of the molecule is BrCCCCCSc1nnc2ccccn12. The van der Waals surface area contributed by atoms with Crippen LogP contribution in [0.3, 0.4) is 0 Å². The maximum Gasteiger partial charge on any atom is 0.195 e. The molecular weight excluding hydrogens is 286 g/mol. The van der Waals surface area contributed by atoms with Gasteiger partial charge in [0.05, 0.1) is 0 Å². The predicted octanol–water partition coefficient (Wildman–Crippen LogP) is 3.39. The molecule has 3 nitrogen and oxygen atoms in total. The normalized spacial score (nSPS) is 11.1. The molecule has 2 rings (SSSR count). The quantitative estimate of drug-likeness (QED) is 0.465. The predicted molar refractivity (Wildman–Crippen MR) is 71.4 cm³/mol. The number of aromatic nitrogens is 3. The maximum absolute atomic E-state index is 4.18. The Morgan fingerprint density at radius 2 is 2.12 bits per heavy atom. The third-order valence-corrected chi connectivity index (χ3v) is 3.88. The number of alkyl halides is 1. The molecule has 0 amide bonds. The van der Waals surface area contributed by atoms with E-state index in [1.807, 2.05) is 28.8 Å². The Hall–Kier alpha value is -0.550. The van der Waals surface area contributed by atoms with Crippen LogP contribution in [0, 0.1) is 0 Å². The first-order valence-corrected chi connectivity index (χ1v) is 7.51. The molecule has 0 aromatic carbocycles. The van der Waals surface area contributed by atoms with Crippen LogP contribution in [0.15, 0.2) is 29.6 Å². The molecule has 0 unspecified atom stereocenters. The fraction of sp³-hybridized carbons (Fsp3) is 0.455. The fourth-order valence-corrected chi connectivity index (χ4v) is 2.77. The summed E-state index contributed by atoms with van der Waals surface area (Å²) in [6.07, 6.45) is 5.77. The molecule has 0 saturated carbocycles. The highest BCUT2D eigenvalue weighted by Gasteiger charge is 2.03. The average Bonchev–Trinajstić information content (AvgIpc) is 2.73. The molecule has 0 aliphatic heterocycles. The Balaban J connectivity index is 1.89. The highest BCUT2D eigenvalue weighted by atomic mass is 79.9. The van der Waals surface area contributed by atoms with Gasteiger partial charge in [0.2, 0.25) is 0 Å². The van der Waals surface area contributed by atoms with Crippen LogP contribution in [0.25, 0.3) is 5.65 Å². The number of rotatable bonds is 6. The topological polar surface area (TPSA) is 30.2 Å². The Kier molecular flexibility index (Phi) is 4.66. The molecule has 0 atom stereocenters. The van der Waals surface area contributed by atoms with Gasteiger partial charge in [0.15, 0.2) is 10.8 Å². The number of hydrogen-bond donors (Lipinski definition) is 0. The number of unbranched alkanes of at least 4 members (excludes halogenated alkanes) is 2. The van der Waals surface area contributed by atoms with E-state index in [4.69, 9.17) is 0 Å². The van der Waals surface area contributed by atoms with E-state index >= 15 is 0 Å². The first kappa shape index (κ1) is 11.9. The average molecular weight is 300 g/mol. The summed E-state index contributed by atoms with van der Waals surface area (Å²) in [5.41, 5.74) is 0.922. The Bertz CT molecular complexity index is 443. The summed E-state index contributed by atoms with van der Waals surface area (Å²) < 4.78 is 2.04. The zero-order valence-corrected chi connectivity index (χ0v) is 11.4. The zero-order chi connectivity index (χ0) is 11.2. The van der Waals surface area contributed by atoms with E-state index in [9.17, 15) is 0 Å². The maximum atomic E-state index is 4.18. The summed E-state index contributed by atoms with van der Waals surface area (Å²) in [5, 5.41) is 10.4. The molecular formula is C11H14BrN3S. The van der Waals surface area contributed by atoms with Gasteiger partial charge in [0, 0.05) is 17.3 Å². The highest BCUT2D eigenvalue weighted by molar-refractivity contribution is 9.09. The van der Waals surface area contributed by atoms with E-state index in [1.54, 1.807) is 11.8 Å². The summed E-state index contributed by atoms with van der Waals surface area (Å²) in [4.78, 5) is 0. The minimum Gasteiger partial charge on any atom is -0.277 e. The van der Waals surface area contributed by atoms with Gasteiger partial charge in [-0.3, -0.25) is 4.40 Å². The number of fused-ring (bicyclic) bond motifs is 1. The van der Waals surface area contributed by atoms with Crippen LogP contribution in [0.5, 0.6) is 0 Å². The zero-order valence-electron chi connectivity index (χ0n) is 8.97. The van der Waals surface area contributed by atoms with Gasteiger partial charge in [-0.05, 0) is 25.0 Å². The third kappa shape index (κ3) is 2.98. The number of halogens is 1. The van der Waals surface area contributed by atoms with Crippen molar-refractivity contribution in [1.29, 1.82) is 0 Å². The molecule has 0 aliphatic rings. The molecule has 0 aliphatic carbocycles. The molecule has 0 saturated heterocycles. The molecule has 0 N–H and O–H groups in total. The Morgan fingerprint density at radius 3 is 3.00 bits per heavy atom. The number of pyridine rings is 1. The van der Waals surface area contributed by atoms with E-state index in [0.29, 0.717) is 0 Å². The van der Waals surface area contributed by atoms with Gasteiger partial charge in [-0.1, -0.05) is 40.2 Å². The number of nitrogens with zero attached hydrogens (tertiary/aromatic N) is 3. The lowest BCUT2D eigenvalue weighted by molar-refractivity contribution is 0.786.